The first kappa shape index (κ1) is 15.9. The predicted octanol–water partition coefficient (Wildman–Crippen LogP) is 3.21. The largest absolute Gasteiger partial charge is 0.493 e. The number of nitrogens with zero attached hydrogens (tertiary/aromatic N) is 2. The van der Waals surface area contributed by atoms with Gasteiger partial charge in [-0.3, -0.25) is 4.98 Å². The molecule has 0 unspecified atom stereocenters. The highest BCUT2D eigenvalue weighted by molar-refractivity contribution is 7.09. The van der Waals surface area contributed by atoms with E-state index in [1.54, 1.807) is 17.5 Å². The molecule has 2 aromatic heterocycles. The van der Waals surface area contributed by atoms with E-state index in [2.05, 4.69) is 29.1 Å². The van der Waals surface area contributed by atoms with E-state index in [9.17, 15) is 0 Å². The van der Waals surface area contributed by atoms with E-state index >= 15 is 0 Å². The molecule has 2 aromatic rings. The van der Waals surface area contributed by atoms with Gasteiger partial charge in [0.2, 0.25) is 0 Å². The highest BCUT2D eigenvalue weighted by Crippen LogP contribution is 2.15. The minimum absolute atomic E-state index is 0.645. The van der Waals surface area contributed by atoms with E-state index in [1.165, 1.54) is 4.88 Å². The normalized spacial score (nSPS) is 11.0. The Labute approximate surface area is 130 Å². The van der Waals surface area contributed by atoms with Crippen LogP contribution in [-0.4, -0.2) is 23.1 Å². The number of rotatable bonds is 8. The SMILES string of the molecule is Cc1ncsc1CCOc1ccnc(CNCC(C)C)c1. The Hall–Kier alpha value is -1.46. The molecule has 2 rings (SSSR count). The van der Waals surface area contributed by atoms with E-state index in [1.807, 2.05) is 24.6 Å². The highest BCUT2D eigenvalue weighted by Gasteiger charge is 2.03. The lowest BCUT2D eigenvalue weighted by molar-refractivity contribution is 0.321. The zero-order chi connectivity index (χ0) is 15.1. The Morgan fingerprint density at radius 3 is 2.90 bits per heavy atom. The lowest BCUT2D eigenvalue weighted by Gasteiger charge is -2.09. The molecule has 114 valence electrons. The van der Waals surface area contributed by atoms with Crippen molar-refractivity contribution in [2.75, 3.05) is 13.2 Å². The summed E-state index contributed by atoms with van der Waals surface area (Å²) in [6, 6.07) is 3.92. The first-order valence-electron chi connectivity index (χ1n) is 7.32. The van der Waals surface area contributed by atoms with Crippen molar-refractivity contribution >= 4 is 11.3 Å². The third-order valence-corrected chi connectivity index (χ3v) is 4.08. The van der Waals surface area contributed by atoms with Crippen LogP contribution in [0.3, 0.4) is 0 Å². The molecule has 4 nitrogen and oxygen atoms in total. The van der Waals surface area contributed by atoms with Crippen LogP contribution in [0.2, 0.25) is 0 Å². The Morgan fingerprint density at radius 1 is 1.33 bits per heavy atom. The lowest BCUT2D eigenvalue weighted by Crippen LogP contribution is -2.19. The average Bonchev–Trinajstić information content (AvgIpc) is 2.85. The molecule has 0 amide bonds. The van der Waals surface area contributed by atoms with Crippen LogP contribution in [0, 0.1) is 12.8 Å². The van der Waals surface area contributed by atoms with Crippen LogP contribution in [0.1, 0.15) is 30.1 Å². The summed E-state index contributed by atoms with van der Waals surface area (Å²) in [6.07, 6.45) is 2.71. The molecule has 0 aliphatic carbocycles. The van der Waals surface area contributed by atoms with Gasteiger partial charge in [-0.25, -0.2) is 4.98 Å². The van der Waals surface area contributed by atoms with Crippen LogP contribution in [0.5, 0.6) is 5.75 Å². The van der Waals surface area contributed by atoms with Gasteiger partial charge in [-0.15, -0.1) is 11.3 Å². The van der Waals surface area contributed by atoms with Crippen LogP contribution in [-0.2, 0) is 13.0 Å². The molecule has 0 atom stereocenters. The average molecular weight is 305 g/mol. The number of hydrogen-bond donors (Lipinski definition) is 1. The van der Waals surface area contributed by atoms with Crippen molar-refractivity contribution in [3.05, 3.63) is 40.1 Å². The first-order chi connectivity index (χ1) is 10.1. The molecule has 0 fully saturated rings. The van der Waals surface area contributed by atoms with E-state index in [0.717, 1.165) is 36.6 Å². The summed E-state index contributed by atoms with van der Waals surface area (Å²) in [5, 5.41) is 3.39. The molecule has 21 heavy (non-hydrogen) atoms. The topological polar surface area (TPSA) is 47.0 Å². The number of aromatic nitrogens is 2. The number of thiazole rings is 1. The summed E-state index contributed by atoms with van der Waals surface area (Å²) in [7, 11) is 0. The fourth-order valence-corrected chi connectivity index (χ4v) is 2.72. The van der Waals surface area contributed by atoms with Crippen LogP contribution >= 0.6 is 11.3 Å². The van der Waals surface area contributed by atoms with Gasteiger partial charge in [0, 0.05) is 30.1 Å². The van der Waals surface area contributed by atoms with Gasteiger partial charge in [-0.2, -0.15) is 0 Å². The maximum absolute atomic E-state index is 5.81. The van der Waals surface area contributed by atoms with Gasteiger partial charge < -0.3 is 10.1 Å². The standard InChI is InChI=1S/C16H23N3OS/c1-12(2)9-17-10-14-8-15(4-6-18-14)20-7-5-16-13(3)19-11-21-16/h4,6,8,11-12,17H,5,7,9-10H2,1-3H3. The molecular formula is C16H23N3OS. The summed E-state index contributed by atoms with van der Waals surface area (Å²) < 4.78 is 5.81. The molecule has 0 aliphatic heterocycles. The van der Waals surface area contributed by atoms with E-state index in [4.69, 9.17) is 4.74 Å². The number of pyridine rings is 1. The second-order valence-corrected chi connectivity index (χ2v) is 6.41. The maximum atomic E-state index is 5.81. The minimum atomic E-state index is 0.645. The van der Waals surface area contributed by atoms with E-state index in [0.29, 0.717) is 12.5 Å². The van der Waals surface area contributed by atoms with E-state index < -0.39 is 0 Å². The number of hydrogen-bond acceptors (Lipinski definition) is 5. The van der Waals surface area contributed by atoms with Crippen molar-refractivity contribution in [3.63, 3.8) is 0 Å². The Bertz CT molecular complexity index is 554. The van der Waals surface area contributed by atoms with Gasteiger partial charge in [0.25, 0.3) is 0 Å². The molecule has 0 saturated carbocycles. The van der Waals surface area contributed by atoms with E-state index in [-0.39, 0.29) is 0 Å². The van der Waals surface area contributed by atoms with Crippen LogP contribution in [0.25, 0.3) is 0 Å². The summed E-state index contributed by atoms with van der Waals surface area (Å²) in [5.74, 6) is 1.53. The van der Waals surface area contributed by atoms with Crippen LogP contribution in [0.15, 0.2) is 23.8 Å². The second kappa shape index (κ2) is 8.10. The molecule has 0 aliphatic rings. The fourth-order valence-electron chi connectivity index (χ4n) is 1.96. The molecule has 0 aromatic carbocycles. The Morgan fingerprint density at radius 2 is 2.19 bits per heavy atom. The van der Waals surface area contributed by atoms with Crippen molar-refractivity contribution in [1.29, 1.82) is 0 Å². The molecule has 2 heterocycles. The molecule has 0 bridgehead atoms. The lowest BCUT2D eigenvalue weighted by atomic mass is 10.2. The van der Waals surface area contributed by atoms with Crippen molar-refractivity contribution in [2.45, 2.75) is 33.7 Å². The Balaban J connectivity index is 1.79. The maximum Gasteiger partial charge on any atom is 0.122 e. The van der Waals surface area contributed by atoms with Gasteiger partial charge in [0.1, 0.15) is 5.75 Å². The zero-order valence-electron chi connectivity index (χ0n) is 12.9. The van der Waals surface area contributed by atoms with Gasteiger partial charge in [-0.1, -0.05) is 13.8 Å². The smallest absolute Gasteiger partial charge is 0.122 e. The van der Waals surface area contributed by atoms with Gasteiger partial charge in [-0.05, 0) is 25.5 Å². The second-order valence-electron chi connectivity index (χ2n) is 5.47. The van der Waals surface area contributed by atoms with Crippen molar-refractivity contribution in [3.8, 4) is 5.75 Å². The predicted molar refractivity (Wildman–Crippen MR) is 86.8 cm³/mol. The summed E-state index contributed by atoms with van der Waals surface area (Å²) in [5.41, 5.74) is 4.01. The zero-order valence-corrected chi connectivity index (χ0v) is 13.7. The summed E-state index contributed by atoms with van der Waals surface area (Å²) in [6.45, 7) is 8.88. The highest BCUT2D eigenvalue weighted by atomic mass is 32.1. The molecule has 0 saturated heterocycles. The molecule has 0 radical (unpaired) electrons. The monoisotopic (exact) mass is 305 g/mol. The fraction of sp³-hybridized carbons (Fsp3) is 0.500. The van der Waals surface area contributed by atoms with Gasteiger partial charge in [0.15, 0.2) is 0 Å². The third kappa shape index (κ3) is 5.44. The molecule has 5 heteroatoms. The number of nitrogens with one attached hydrogen (secondary N) is 1. The number of aryl methyl sites for hydroxylation is 1. The van der Waals surface area contributed by atoms with Crippen LogP contribution in [0.4, 0.5) is 0 Å². The van der Waals surface area contributed by atoms with Gasteiger partial charge >= 0.3 is 0 Å². The Kier molecular flexibility index (Phi) is 6.14. The number of ether oxygens (including phenoxy) is 1. The molecular weight excluding hydrogens is 282 g/mol. The quantitative estimate of drug-likeness (QED) is 0.813. The minimum Gasteiger partial charge on any atom is -0.493 e. The van der Waals surface area contributed by atoms with Crippen molar-refractivity contribution < 1.29 is 4.74 Å². The van der Waals surface area contributed by atoms with Crippen molar-refractivity contribution in [1.82, 2.24) is 15.3 Å². The summed E-state index contributed by atoms with van der Waals surface area (Å²) >= 11 is 1.69. The van der Waals surface area contributed by atoms with Crippen molar-refractivity contribution in [2.24, 2.45) is 5.92 Å². The molecule has 0 spiro atoms. The molecule has 1 N–H and O–H groups in total. The first-order valence-corrected chi connectivity index (χ1v) is 8.20. The summed E-state index contributed by atoms with van der Waals surface area (Å²) in [4.78, 5) is 9.90. The van der Waals surface area contributed by atoms with Gasteiger partial charge in [0.05, 0.1) is 23.5 Å². The van der Waals surface area contributed by atoms with Crippen LogP contribution < -0.4 is 10.1 Å². The third-order valence-electron chi connectivity index (χ3n) is 3.09.